The summed E-state index contributed by atoms with van der Waals surface area (Å²) in [5.74, 6) is -0.282. The van der Waals surface area contributed by atoms with E-state index in [0.29, 0.717) is 16.6 Å². The normalized spacial score (nSPS) is 11.6. The van der Waals surface area contributed by atoms with Crippen molar-refractivity contribution in [3.05, 3.63) is 82.7 Å². The molecule has 0 saturated heterocycles. The molecule has 5 aromatic rings. The predicted octanol–water partition coefficient (Wildman–Crippen LogP) is 5.81. The van der Waals surface area contributed by atoms with Crippen molar-refractivity contribution in [1.29, 1.82) is 0 Å². The van der Waals surface area contributed by atoms with Crippen molar-refractivity contribution < 1.29 is 13.2 Å². The molecule has 0 fully saturated rings. The van der Waals surface area contributed by atoms with E-state index in [1.54, 1.807) is 24.5 Å². The van der Waals surface area contributed by atoms with Gasteiger partial charge in [0.1, 0.15) is 17.0 Å². The fourth-order valence-corrected chi connectivity index (χ4v) is 3.54. The van der Waals surface area contributed by atoms with Gasteiger partial charge < -0.3 is 8.83 Å². The van der Waals surface area contributed by atoms with Crippen molar-refractivity contribution in [2.24, 2.45) is 0 Å². The molecule has 0 radical (unpaired) electrons. The van der Waals surface area contributed by atoms with Crippen molar-refractivity contribution >= 4 is 32.7 Å². The molecule has 3 aromatic carbocycles. The van der Waals surface area contributed by atoms with Gasteiger partial charge in [0.2, 0.25) is 0 Å². The molecule has 0 bridgehead atoms. The monoisotopic (exact) mass is 344 g/mol. The molecule has 4 heteroatoms. The van der Waals surface area contributed by atoms with Crippen LogP contribution in [0.4, 0.5) is 4.39 Å². The molecule has 26 heavy (non-hydrogen) atoms. The number of halogens is 1. The van der Waals surface area contributed by atoms with Gasteiger partial charge in [-0.15, -0.1) is 0 Å². The number of hydrogen-bond acceptors (Lipinski definition) is 3. The Hall–Kier alpha value is -3.40. The second-order valence-electron chi connectivity index (χ2n) is 6.35. The Morgan fingerprint density at radius 1 is 0.846 bits per heavy atom. The van der Waals surface area contributed by atoms with E-state index >= 15 is 0 Å². The van der Waals surface area contributed by atoms with Crippen LogP contribution in [0.15, 0.2) is 74.5 Å². The Morgan fingerprint density at radius 2 is 1.58 bits per heavy atom. The number of fused-ring (bicyclic) bond motifs is 4. The van der Waals surface area contributed by atoms with Crippen molar-refractivity contribution in [1.82, 2.24) is 0 Å². The van der Waals surface area contributed by atoms with Crippen molar-refractivity contribution in [2.45, 2.75) is 6.92 Å². The molecule has 0 N–H and O–H groups in total. The van der Waals surface area contributed by atoms with Crippen LogP contribution in [0.3, 0.4) is 0 Å². The third-order valence-corrected chi connectivity index (χ3v) is 4.83. The topological polar surface area (TPSA) is 43.4 Å². The maximum absolute atomic E-state index is 13.3. The third kappa shape index (κ3) is 2.02. The van der Waals surface area contributed by atoms with Crippen LogP contribution in [0, 0.1) is 12.7 Å². The second-order valence-corrected chi connectivity index (χ2v) is 6.35. The first-order valence-corrected chi connectivity index (χ1v) is 8.26. The minimum absolute atomic E-state index is 0.282. The molecule has 0 amide bonds. The summed E-state index contributed by atoms with van der Waals surface area (Å²) in [6.45, 7) is 1.88. The van der Waals surface area contributed by atoms with Gasteiger partial charge in [0.15, 0.2) is 0 Å². The van der Waals surface area contributed by atoms with E-state index in [4.69, 9.17) is 8.83 Å². The summed E-state index contributed by atoms with van der Waals surface area (Å²) < 4.78 is 24.6. The molecule has 0 saturated carbocycles. The smallest absolute Gasteiger partial charge is 0.344 e. The number of furan rings is 1. The molecule has 126 valence electrons. The van der Waals surface area contributed by atoms with E-state index in [-0.39, 0.29) is 11.4 Å². The molecular formula is C22H13FO3. The Labute approximate surface area is 147 Å². The van der Waals surface area contributed by atoms with E-state index in [9.17, 15) is 9.18 Å². The summed E-state index contributed by atoms with van der Waals surface area (Å²) in [5, 5.41) is 3.15. The Kier molecular flexibility index (Phi) is 3.04. The minimum Gasteiger partial charge on any atom is -0.463 e. The lowest BCUT2D eigenvalue weighted by atomic mass is 9.99. The highest BCUT2D eigenvalue weighted by atomic mass is 19.1. The van der Waals surface area contributed by atoms with Gasteiger partial charge in [-0.1, -0.05) is 30.3 Å². The van der Waals surface area contributed by atoms with Crippen molar-refractivity contribution in [2.75, 3.05) is 0 Å². The molecule has 2 aromatic heterocycles. The second kappa shape index (κ2) is 5.30. The molecule has 0 spiro atoms. The number of aryl methyl sites for hydroxylation is 1. The molecule has 2 heterocycles. The lowest BCUT2D eigenvalue weighted by Gasteiger charge is -2.06. The first kappa shape index (κ1) is 14.9. The SMILES string of the molecule is Cc1c2occ(-c3ccc(F)cc3)c2cc2c1oc(=O)c1ccccc12. The fourth-order valence-electron chi connectivity index (χ4n) is 3.54. The van der Waals surface area contributed by atoms with Crippen molar-refractivity contribution in [3.63, 3.8) is 0 Å². The largest absolute Gasteiger partial charge is 0.463 e. The minimum atomic E-state index is -0.360. The number of rotatable bonds is 1. The Morgan fingerprint density at radius 3 is 2.35 bits per heavy atom. The summed E-state index contributed by atoms with van der Waals surface area (Å²) in [7, 11) is 0. The van der Waals surface area contributed by atoms with Crippen LogP contribution < -0.4 is 5.63 Å². The van der Waals surface area contributed by atoms with Gasteiger partial charge in [0.05, 0.1) is 11.6 Å². The van der Waals surface area contributed by atoms with Gasteiger partial charge in [-0.05, 0) is 42.1 Å². The van der Waals surface area contributed by atoms with E-state index in [1.165, 1.54) is 12.1 Å². The van der Waals surface area contributed by atoms with Gasteiger partial charge in [-0.3, -0.25) is 0 Å². The zero-order valence-electron chi connectivity index (χ0n) is 13.9. The summed E-state index contributed by atoms with van der Waals surface area (Å²) >= 11 is 0. The highest BCUT2D eigenvalue weighted by Gasteiger charge is 2.17. The first-order chi connectivity index (χ1) is 12.6. The molecule has 0 aliphatic rings. The van der Waals surface area contributed by atoms with E-state index in [1.807, 2.05) is 31.2 Å². The van der Waals surface area contributed by atoms with E-state index in [2.05, 4.69) is 0 Å². The quantitative estimate of drug-likeness (QED) is 0.285. The summed E-state index contributed by atoms with van der Waals surface area (Å²) in [6.07, 6.45) is 1.66. The van der Waals surface area contributed by atoms with Gasteiger partial charge in [0, 0.05) is 21.9 Å². The van der Waals surface area contributed by atoms with Gasteiger partial charge in [-0.25, -0.2) is 9.18 Å². The average molecular weight is 344 g/mol. The molecular weight excluding hydrogens is 331 g/mol. The van der Waals surface area contributed by atoms with E-state index in [0.717, 1.165) is 32.8 Å². The van der Waals surface area contributed by atoms with Crippen LogP contribution in [0.1, 0.15) is 5.56 Å². The van der Waals surface area contributed by atoms with Gasteiger partial charge >= 0.3 is 5.63 Å². The van der Waals surface area contributed by atoms with Gasteiger partial charge in [0.25, 0.3) is 0 Å². The maximum atomic E-state index is 13.3. The Bertz CT molecular complexity index is 1360. The lowest BCUT2D eigenvalue weighted by Crippen LogP contribution is -2.00. The standard InChI is InChI=1S/C22H13FO3/c1-12-20-18(19(11-25-20)13-6-8-14(23)9-7-13)10-17-15-4-2-3-5-16(15)22(24)26-21(12)17/h2-11H,1H3. The molecule has 0 atom stereocenters. The Balaban J connectivity index is 1.94. The fraction of sp³-hybridized carbons (Fsp3) is 0.0455. The zero-order valence-corrected chi connectivity index (χ0v) is 13.9. The molecule has 3 nitrogen and oxygen atoms in total. The summed E-state index contributed by atoms with van der Waals surface area (Å²) in [4.78, 5) is 12.3. The average Bonchev–Trinajstić information content (AvgIpc) is 3.08. The lowest BCUT2D eigenvalue weighted by molar-refractivity contribution is 0.564. The van der Waals surface area contributed by atoms with Crippen LogP contribution in [0.5, 0.6) is 0 Å². The third-order valence-electron chi connectivity index (χ3n) is 4.83. The van der Waals surface area contributed by atoms with E-state index < -0.39 is 0 Å². The molecule has 5 rings (SSSR count). The molecule has 0 aliphatic carbocycles. The van der Waals surface area contributed by atoms with Crippen LogP contribution in [-0.4, -0.2) is 0 Å². The predicted molar refractivity (Wildman–Crippen MR) is 99.9 cm³/mol. The zero-order chi connectivity index (χ0) is 17.8. The van der Waals surface area contributed by atoms with Gasteiger partial charge in [-0.2, -0.15) is 0 Å². The van der Waals surface area contributed by atoms with Crippen LogP contribution in [0.25, 0.3) is 43.8 Å². The summed E-state index contributed by atoms with van der Waals surface area (Å²) in [5.41, 5.74) is 3.34. The first-order valence-electron chi connectivity index (χ1n) is 8.26. The highest BCUT2D eigenvalue weighted by Crippen LogP contribution is 2.37. The van der Waals surface area contributed by atoms with Crippen LogP contribution in [0.2, 0.25) is 0 Å². The summed E-state index contributed by atoms with van der Waals surface area (Å²) in [6, 6.07) is 15.7. The molecule has 0 unspecified atom stereocenters. The van der Waals surface area contributed by atoms with Crippen LogP contribution >= 0.6 is 0 Å². The van der Waals surface area contributed by atoms with Crippen molar-refractivity contribution in [3.8, 4) is 11.1 Å². The number of hydrogen-bond donors (Lipinski definition) is 0. The van der Waals surface area contributed by atoms with Crippen LogP contribution in [-0.2, 0) is 0 Å². The molecule has 0 aliphatic heterocycles. The maximum Gasteiger partial charge on any atom is 0.344 e. The number of benzene rings is 3. The highest BCUT2D eigenvalue weighted by molar-refractivity contribution is 6.12.